The standard InChI is InChI=1S/C11H15FO/c1-9(13)5-4-7-10-6-2-3-8-11(10)12/h2-3,6,8-9,13H,4-5,7H2,1H3. The lowest BCUT2D eigenvalue weighted by Gasteiger charge is -2.04. The molecule has 0 aliphatic rings. The first-order valence-electron chi connectivity index (χ1n) is 4.61. The van der Waals surface area contributed by atoms with Crippen molar-refractivity contribution in [2.45, 2.75) is 32.3 Å². The van der Waals surface area contributed by atoms with Gasteiger partial charge < -0.3 is 5.11 Å². The van der Waals surface area contributed by atoms with Gasteiger partial charge in [-0.05, 0) is 37.8 Å². The Balaban J connectivity index is 2.41. The minimum absolute atomic E-state index is 0.145. The number of benzene rings is 1. The van der Waals surface area contributed by atoms with Crippen molar-refractivity contribution in [2.75, 3.05) is 0 Å². The molecule has 0 spiro atoms. The number of rotatable bonds is 4. The molecule has 1 nitrogen and oxygen atoms in total. The van der Waals surface area contributed by atoms with Crippen molar-refractivity contribution in [3.8, 4) is 0 Å². The van der Waals surface area contributed by atoms with Crippen molar-refractivity contribution in [1.29, 1.82) is 0 Å². The minimum atomic E-state index is -0.285. The lowest BCUT2D eigenvalue weighted by molar-refractivity contribution is 0.181. The van der Waals surface area contributed by atoms with E-state index in [0.29, 0.717) is 6.42 Å². The normalized spacial score (nSPS) is 12.8. The molecule has 72 valence electrons. The maximum absolute atomic E-state index is 13.1. The number of aryl methyl sites for hydroxylation is 1. The van der Waals surface area contributed by atoms with E-state index in [4.69, 9.17) is 5.11 Å². The average Bonchev–Trinajstić information content (AvgIpc) is 2.08. The second-order valence-corrected chi connectivity index (χ2v) is 3.33. The van der Waals surface area contributed by atoms with Gasteiger partial charge in [0.1, 0.15) is 5.82 Å². The first-order valence-corrected chi connectivity index (χ1v) is 4.61. The lowest BCUT2D eigenvalue weighted by Crippen LogP contribution is -2.00. The van der Waals surface area contributed by atoms with Gasteiger partial charge in [-0.25, -0.2) is 4.39 Å². The number of aliphatic hydroxyl groups is 1. The van der Waals surface area contributed by atoms with Gasteiger partial charge in [-0.3, -0.25) is 0 Å². The summed E-state index contributed by atoms with van der Waals surface area (Å²) >= 11 is 0. The quantitative estimate of drug-likeness (QED) is 0.758. The average molecular weight is 182 g/mol. The maximum atomic E-state index is 13.1. The van der Waals surface area contributed by atoms with E-state index >= 15 is 0 Å². The smallest absolute Gasteiger partial charge is 0.126 e. The first kappa shape index (κ1) is 10.2. The van der Waals surface area contributed by atoms with Crippen LogP contribution in [0.4, 0.5) is 4.39 Å². The Kier molecular flexibility index (Phi) is 3.90. The van der Waals surface area contributed by atoms with Crippen LogP contribution in [-0.2, 0) is 6.42 Å². The van der Waals surface area contributed by atoms with E-state index in [-0.39, 0.29) is 11.9 Å². The van der Waals surface area contributed by atoms with Crippen LogP contribution in [0.1, 0.15) is 25.3 Å². The molecule has 0 aromatic heterocycles. The molecule has 1 N–H and O–H groups in total. The molecule has 1 unspecified atom stereocenters. The largest absolute Gasteiger partial charge is 0.393 e. The van der Waals surface area contributed by atoms with Gasteiger partial charge in [-0.15, -0.1) is 0 Å². The molecule has 0 saturated carbocycles. The van der Waals surface area contributed by atoms with Crippen molar-refractivity contribution >= 4 is 0 Å². The third kappa shape index (κ3) is 3.55. The summed E-state index contributed by atoms with van der Waals surface area (Å²) in [6, 6.07) is 6.78. The van der Waals surface area contributed by atoms with Crippen LogP contribution in [-0.4, -0.2) is 11.2 Å². The molecule has 0 radical (unpaired) electrons. The summed E-state index contributed by atoms with van der Waals surface area (Å²) in [5.41, 5.74) is 0.739. The van der Waals surface area contributed by atoms with E-state index in [1.54, 1.807) is 19.1 Å². The molecule has 13 heavy (non-hydrogen) atoms. The molecule has 1 aromatic rings. The predicted molar refractivity (Wildman–Crippen MR) is 51.0 cm³/mol. The van der Waals surface area contributed by atoms with Crippen LogP contribution >= 0.6 is 0 Å². The van der Waals surface area contributed by atoms with E-state index in [0.717, 1.165) is 18.4 Å². The molecule has 0 aliphatic heterocycles. The molecule has 0 amide bonds. The number of hydrogen-bond donors (Lipinski definition) is 1. The van der Waals surface area contributed by atoms with E-state index in [9.17, 15) is 4.39 Å². The predicted octanol–water partition coefficient (Wildman–Crippen LogP) is 2.53. The second-order valence-electron chi connectivity index (χ2n) is 3.33. The molecule has 0 bridgehead atoms. The zero-order chi connectivity index (χ0) is 9.68. The van der Waals surface area contributed by atoms with Crippen LogP contribution in [0.15, 0.2) is 24.3 Å². The van der Waals surface area contributed by atoms with Gasteiger partial charge in [0, 0.05) is 0 Å². The van der Waals surface area contributed by atoms with Crippen molar-refractivity contribution < 1.29 is 9.50 Å². The lowest BCUT2D eigenvalue weighted by atomic mass is 10.1. The van der Waals surface area contributed by atoms with Crippen molar-refractivity contribution in [3.63, 3.8) is 0 Å². The van der Waals surface area contributed by atoms with E-state index in [2.05, 4.69) is 0 Å². The highest BCUT2D eigenvalue weighted by Crippen LogP contribution is 2.10. The highest BCUT2D eigenvalue weighted by Gasteiger charge is 2.01. The summed E-state index contributed by atoms with van der Waals surface area (Å²) in [4.78, 5) is 0. The maximum Gasteiger partial charge on any atom is 0.126 e. The molecule has 0 saturated heterocycles. The Morgan fingerprint density at radius 3 is 2.69 bits per heavy atom. The monoisotopic (exact) mass is 182 g/mol. The topological polar surface area (TPSA) is 20.2 Å². The second kappa shape index (κ2) is 4.97. The molecule has 2 heteroatoms. The molecule has 0 fully saturated rings. The molecule has 1 aromatic carbocycles. The van der Waals surface area contributed by atoms with Crippen molar-refractivity contribution in [2.24, 2.45) is 0 Å². The third-order valence-corrected chi connectivity index (χ3v) is 2.03. The molecule has 0 heterocycles. The Labute approximate surface area is 78.2 Å². The van der Waals surface area contributed by atoms with Gasteiger partial charge in [0.2, 0.25) is 0 Å². The zero-order valence-corrected chi connectivity index (χ0v) is 7.83. The van der Waals surface area contributed by atoms with Gasteiger partial charge in [-0.2, -0.15) is 0 Å². The Morgan fingerprint density at radius 1 is 1.38 bits per heavy atom. The third-order valence-electron chi connectivity index (χ3n) is 2.03. The Bertz CT molecular complexity index is 258. The van der Waals surface area contributed by atoms with Gasteiger partial charge in [0.15, 0.2) is 0 Å². The number of halogens is 1. The first-order chi connectivity index (χ1) is 6.20. The van der Waals surface area contributed by atoms with E-state index in [1.807, 2.05) is 6.07 Å². The molecule has 0 aliphatic carbocycles. The Morgan fingerprint density at radius 2 is 2.08 bits per heavy atom. The molecule has 1 atom stereocenters. The zero-order valence-electron chi connectivity index (χ0n) is 7.83. The fourth-order valence-electron chi connectivity index (χ4n) is 1.29. The SMILES string of the molecule is CC(O)CCCc1ccccc1F. The van der Waals surface area contributed by atoms with Gasteiger partial charge in [0.05, 0.1) is 6.10 Å². The van der Waals surface area contributed by atoms with Crippen LogP contribution in [0.25, 0.3) is 0 Å². The van der Waals surface area contributed by atoms with Crippen molar-refractivity contribution in [3.05, 3.63) is 35.6 Å². The van der Waals surface area contributed by atoms with E-state index in [1.165, 1.54) is 6.07 Å². The highest BCUT2D eigenvalue weighted by atomic mass is 19.1. The summed E-state index contributed by atoms with van der Waals surface area (Å²) in [6.45, 7) is 1.75. The highest BCUT2D eigenvalue weighted by molar-refractivity contribution is 5.17. The number of hydrogen-bond acceptors (Lipinski definition) is 1. The fourth-order valence-corrected chi connectivity index (χ4v) is 1.29. The van der Waals surface area contributed by atoms with Gasteiger partial charge in [-0.1, -0.05) is 18.2 Å². The number of aliphatic hydroxyl groups excluding tert-OH is 1. The molecule has 1 rings (SSSR count). The van der Waals surface area contributed by atoms with Crippen LogP contribution < -0.4 is 0 Å². The fraction of sp³-hybridized carbons (Fsp3) is 0.455. The summed E-state index contributed by atoms with van der Waals surface area (Å²) in [7, 11) is 0. The Hall–Kier alpha value is -0.890. The van der Waals surface area contributed by atoms with Crippen LogP contribution in [0.2, 0.25) is 0 Å². The van der Waals surface area contributed by atoms with E-state index < -0.39 is 0 Å². The van der Waals surface area contributed by atoms with Crippen LogP contribution in [0, 0.1) is 5.82 Å². The summed E-state index contributed by atoms with van der Waals surface area (Å²) in [5.74, 6) is -0.145. The molecular formula is C11H15FO. The van der Waals surface area contributed by atoms with Crippen LogP contribution in [0.5, 0.6) is 0 Å². The summed E-state index contributed by atoms with van der Waals surface area (Å²) in [6.07, 6.45) is 1.98. The minimum Gasteiger partial charge on any atom is -0.393 e. The molecular weight excluding hydrogens is 167 g/mol. The van der Waals surface area contributed by atoms with Gasteiger partial charge in [0.25, 0.3) is 0 Å². The van der Waals surface area contributed by atoms with Gasteiger partial charge >= 0.3 is 0 Å². The summed E-state index contributed by atoms with van der Waals surface area (Å²) in [5, 5.41) is 9.01. The van der Waals surface area contributed by atoms with Crippen molar-refractivity contribution in [1.82, 2.24) is 0 Å². The summed E-state index contributed by atoms with van der Waals surface area (Å²) < 4.78 is 13.1. The van der Waals surface area contributed by atoms with Crippen LogP contribution in [0.3, 0.4) is 0 Å².